The van der Waals surface area contributed by atoms with Crippen LogP contribution in [0, 0.1) is 16.0 Å². The summed E-state index contributed by atoms with van der Waals surface area (Å²) in [4.78, 5) is 38.8. The zero-order valence-corrected chi connectivity index (χ0v) is 19.0. The Hall–Kier alpha value is -2.84. The van der Waals surface area contributed by atoms with E-state index >= 15 is 0 Å². The van der Waals surface area contributed by atoms with E-state index in [9.17, 15) is 19.7 Å². The van der Waals surface area contributed by atoms with E-state index in [2.05, 4.69) is 18.7 Å². The second-order valence-corrected chi connectivity index (χ2v) is 8.42. The Morgan fingerprint density at radius 3 is 2.35 bits per heavy atom. The topological polar surface area (TPSA) is 102 Å². The Kier molecular flexibility index (Phi) is 8.65. The maximum Gasteiger partial charge on any atom is 0.409 e. The van der Waals surface area contributed by atoms with Crippen LogP contribution in [0.2, 0.25) is 0 Å². The molecule has 31 heavy (non-hydrogen) atoms. The van der Waals surface area contributed by atoms with Gasteiger partial charge < -0.3 is 19.3 Å². The van der Waals surface area contributed by atoms with E-state index < -0.39 is 0 Å². The largest absolute Gasteiger partial charge is 0.469 e. The van der Waals surface area contributed by atoms with Crippen LogP contribution in [0.1, 0.15) is 51.5 Å². The fourth-order valence-electron chi connectivity index (χ4n) is 4.01. The number of nitrogens with zero attached hydrogens (tertiary/aromatic N) is 3. The van der Waals surface area contributed by atoms with Gasteiger partial charge in [-0.05, 0) is 36.3 Å². The molecule has 1 atom stereocenters. The highest BCUT2D eigenvalue weighted by molar-refractivity contribution is 5.71. The number of carbonyl (C=O) groups is 2. The highest BCUT2D eigenvalue weighted by atomic mass is 16.6. The van der Waals surface area contributed by atoms with Gasteiger partial charge in [-0.1, -0.05) is 26.8 Å². The number of amides is 1. The third-order valence-electron chi connectivity index (χ3n) is 5.68. The molecule has 2 rings (SSSR count). The van der Waals surface area contributed by atoms with E-state index in [-0.39, 0.29) is 41.1 Å². The van der Waals surface area contributed by atoms with Crippen molar-refractivity contribution in [1.82, 2.24) is 4.90 Å². The number of carbonyl (C=O) groups excluding carboxylic acids is 2. The molecule has 0 spiro atoms. The molecule has 172 valence electrons. The van der Waals surface area contributed by atoms with Gasteiger partial charge in [0.1, 0.15) is 5.69 Å². The van der Waals surface area contributed by atoms with Crippen molar-refractivity contribution in [1.29, 1.82) is 0 Å². The van der Waals surface area contributed by atoms with Gasteiger partial charge in [-0.25, -0.2) is 4.79 Å². The van der Waals surface area contributed by atoms with Crippen LogP contribution in [0.4, 0.5) is 16.2 Å². The average molecular weight is 436 g/mol. The number of esters is 1. The number of likely N-dealkylation sites (tertiary alicyclic amines) is 1. The molecule has 0 aromatic heterocycles. The van der Waals surface area contributed by atoms with Crippen LogP contribution in [0.5, 0.6) is 0 Å². The lowest BCUT2D eigenvalue weighted by Crippen LogP contribution is -2.48. The summed E-state index contributed by atoms with van der Waals surface area (Å²) in [6, 6.07) is 5.29. The molecule has 0 aliphatic carbocycles. The molecular formula is C22H33N3O6. The van der Waals surface area contributed by atoms with Crippen molar-refractivity contribution >= 4 is 23.4 Å². The van der Waals surface area contributed by atoms with Crippen LogP contribution < -0.4 is 4.90 Å². The van der Waals surface area contributed by atoms with Crippen LogP contribution >= 0.6 is 0 Å². The number of nitro groups is 1. The normalized spacial score (nSPS) is 15.5. The van der Waals surface area contributed by atoms with Crippen LogP contribution in [0.25, 0.3) is 0 Å². The number of hydrogen-bond acceptors (Lipinski definition) is 7. The van der Waals surface area contributed by atoms with Gasteiger partial charge in [-0.2, -0.15) is 0 Å². The Morgan fingerprint density at radius 1 is 1.19 bits per heavy atom. The highest BCUT2D eigenvalue weighted by Crippen LogP contribution is 2.36. The fraction of sp³-hybridized carbons (Fsp3) is 0.636. The zero-order chi connectivity index (χ0) is 23.1. The summed E-state index contributed by atoms with van der Waals surface area (Å²) >= 11 is 0. The van der Waals surface area contributed by atoms with Crippen LogP contribution in [-0.2, 0) is 14.3 Å². The lowest BCUT2D eigenvalue weighted by atomic mass is 9.95. The van der Waals surface area contributed by atoms with Gasteiger partial charge in [-0.3, -0.25) is 14.9 Å². The molecule has 0 saturated carbocycles. The molecule has 1 aliphatic heterocycles. The molecule has 1 aliphatic rings. The van der Waals surface area contributed by atoms with Gasteiger partial charge in [0, 0.05) is 31.7 Å². The number of ether oxygens (including phenoxy) is 2. The molecule has 0 bridgehead atoms. The van der Waals surface area contributed by atoms with Gasteiger partial charge in [-0.15, -0.1) is 0 Å². The number of methoxy groups -OCH3 is 2. The minimum Gasteiger partial charge on any atom is -0.469 e. The maximum atomic E-state index is 11.9. The molecule has 1 heterocycles. The second kappa shape index (κ2) is 11.0. The van der Waals surface area contributed by atoms with E-state index in [1.807, 2.05) is 13.0 Å². The third-order valence-corrected chi connectivity index (χ3v) is 5.68. The molecule has 1 aromatic rings. The van der Waals surface area contributed by atoms with Crippen LogP contribution in [0.3, 0.4) is 0 Å². The number of hydrogen-bond donors (Lipinski definition) is 0. The van der Waals surface area contributed by atoms with Gasteiger partial charge in [0.15, 0.2) is 0 Å². The summed E-state index contributed by atoms with van der Waals surface area (Å²) in [5.74, 6) is -0.240. The SMILES string of the molecule is COC(=O)CC(C)c1ccc(N(CC(C)C)C2CCN(C(=O)OC)CC2)c([N+](=O)[O-])c1. The first-order chi connectivity index (χ1) is 14.7. The third kappa shape index (κ3) is 6.32. The molecule has 1 saturated heterocycles. The predicted molar refractivity (Wildman–Crippen MR) is 117 cm³/mol. The van der Waals surface area contributed by atoms with Gasteiger partial charge in [0.05, 0.1) is 25.6 Å². The Balaban J connectivity index is 2.32. The molecule has 1 aromatic carbocycles. The van der Waals surface area contributed by atoms with Crippen LogP contribution in [-0.4, -0.2) is 61.8 Å². The molecule has 0 radical (unpaired) electrons. The van der Waals surface area contributed by atoms with Crippen molar-refractivity contribution in [2.75, 3.05) is 38.8 Å². The Labute approximate surface area is 183 Å². The average Bonchev–Trinajstić information content (AvgIpc) is 2.76. The van der Waals surface area contributed by atoms with Crippen molar-refractivity contribution in [2.45, 2.75) is 52.0 Å². The fourth-order valence-corrected chi connectivity index (χ4v) is 4.01. The lowest BCUT2D eigenvalue weighted by molar-refractivity contribution is -0.384. The quantitative estimate of drug-likeness (QED) is 0.346. The van der Waals surface area contributed by atoms with Crippen molar-refractivity contribution in [3.8, 4) is 0 Å². The Bertz CT molecular complexity index is 789. The van der Waals surface area contributed by atoms with Gasteiger partial charge in [0.2, 0.25) is 0 Å². The van der Waals surface area contributed by atoms with E-state index in [0.29, 0.717) is 44.1 Å². The smallest absolute Gasteiger partial charge is 0.409 e. The number of benzene rings is 1. The maximum absolute atomic E-state index is 11.9. The van der Waals surface area contributed by atoms with E-state index in [0.717, 1.165) is 5.56 Å². The number of rotatable bonds is 8. The van der Waals surface area contributed by atoms with Crippen molar-refractivity contribution in [3.05, 3.63) is 33.9 Å². The number of anilines is 1. The molecule has 0 N–H and O–H groups in total. The molecule has 1 unspecified atom stereocenters. The first-order valence-electron chi connectivity index (χ1n) is 10.6. The summed E-state index contributed by atoms with van der Waals surface area (Å²) in [5.41, 5.74) is 1.33. The molecule has 1 amide bonds. The summed E-state index contributed by atoms with van der Waals surface area (Å²) in [6.45, 7) is 7.78. The number of nitro benzene ring substituents is 1. The van der Waals surface area contributed by atoms with Crippen molar-refractivity contribution in [3.63, 3.8) is 0 Å². The van der Waals surface area contributed by atoms with E-state index in [1.165, 1.54) is 14.2 Å². The predicted octanol–water partition coefficient (Wildman–Crippen LogP) is 3.95. The highest BCUT2D eigenvalue weighted by Gasteiger charge is 2.31. The molecule has 9 nitrogen and oxygen atoms in total. The first-order valence-corrected chi connectivity index (χ1v) is 10.6. The molecular weight excluding hydrogens is 402 g/mol. The lowest BCUT2D eigenvalue weighted by Gasteiger charge is -2.40. The standard InChI is InChI=1S/C22H33N3O6/c1-15(2)14-24(18-8-10-23(11-9-18)22(27)31-5)19-7-6-17(13-20(19)25(28)29)16(3)12-21(26)30-4/h6-7,13,15-16,18H,8-12,14H2,1-5H3. The summed E-state index contributed by atoms with van der Waals surface area (Å²) in [6.07, 6.45) is 1.23. The molecule has 1 fully saturated rings. The second-order valence-electron chi connectivity index (χ2n) is 8.42. The van der Waals surface area contributed by atoms with Gasteiger partial charge >= 0.3 is 12.1 Å². The summed E-state index contributed by atoms with van der Waals surface area (Å²) in [5, 5.41) is 11.9. The van der Waals surface area contributed by atoms with Crippen LogP contribution in [0.15, 0.2) is 18.2 Å². The monoisotopic (exact) mass is 435 g/mol. The van der Waals surface area contributed by atoms with E-state index in [4.69, 9.17) is 9.47 Å². The minimum atomic E-state index is -0.361. The molecule has 9 heteroatoms. The Morgan fingerprint density at radius 2 is 1.84 bits per heavy atom. The summed E-state index contributed by atoms with van der Waals surface area (Å²) in [7, 11) is 2.70. The van der Waals surface area contributed by atoms with E-state index in [1.54, 1.807) is 17.0 Å². The van der Waals surface area contributed by atoms with Gasteiger partial charge in [0.25, 0.3) is 5.69 Å². The zero-order valence-electron chi connectivity index (χ0n) is 19.0. The number of piperidine rings is 1. The van der Waals surface area contributed by atoms with Crippen molar-refractivity contribution in [2.24, 2.45) is 5.92 Å². The summed E-state index contributed by atoms with van der Waals surface area (Å²) < 4.78 is 9.53. The minimum absolute atomic E-state index is 0.0327. The first kappa shape index (κ1) is 24.4. The van der Waals surface area contributed by atoms with Crippen molar-refractivity contribution < 1.29 is 24.0 Å².